The Hall–Kier alpha value is -2.61. The topological polar surface area (TPSA) is 92.8 Å². The van der Waals surface area contributed by atoms with Gasteiger partial charge in [0.1, 0.15) is 0 Å². The van der Waals surface area contributed by atoms with Gasteiger partial charge in [-0.25, -0.2) is 4.79 Å². The van der Waals surface area contributed by atoms with Crippen LogP contribution in [0.3, 0.4) is 0 Å². The molecule has 1 N–H and O–H groups in total. The fourth-order valence-electron chi connectivity index (χ4n) is 2.66. The first-order chi connectivity index (χ1) is 13.6. The lowest BCUT2D eigenvalue weighted by Crippen LogP contribution is -2.30. The van der Waals surface area contributed by atoms with Crippen molar-refractivity contribution in [1.82, 2.24) is 4.90 Å². The Morgan fingerprint density at radius 2 is 1.59 bits per heavy atom. The van der Waals surface area contributed by atoms with E-state index in [0.29, 0.717) is 5.02 Å². The van der Waals surface area contributed by atoms with E-state index in [1.165, 1.54) is 44.3 Å². The molecule has 150 valence electrons. The predicted molar refractivity (Wildman–Crippen MR) is 108 cm³/mol. The molecule has 0 fully saturated rings. The second kappa shape index (κ2) is 8.02. The van der Waals surface area contributed by atoms with E-state index in [2.05, 4.69) is 5.32 Å². The average molecular weight is 456 g/mol. The largest absolute Gasteiger partial charge is 0.449 e. The molecule has 0 saturated heterocycles. The Kier molecular flexibility index (Phi) is 5.84. The van der Waals surface area contributed by atoms with Crippen LogP contribution in [0.25, 0.3) is 0 Å². The van der Waals surface area contributed by atoms with Crippen molar-refractivity contribution < 1.29 is 23.9 Å². The quantitative estimate of drug-likeness (QED) is 0.554. The fourth-order valence-corrected chi connectivity index (χ4v) is 3.57. The average Bonchev–Trinajstić information content (AvgIpc) is 2.88. The lowest BCUT2D eigenvalue weighted by Gasteiger charge is -2.15. The van der Waals surface area contributed by atoms with Gasteiger partial charge in [0.25, 0.3) is 17.7 Å². The Bertz CT molecular complexity index is 1050. The van der Waals surface area contributed by atoms with Gasteiger partial charge < -0.3 is 10.1 Å². The number of rotatable bonds is 4. The number of benzene rings is 2. The maximum atomic E-state index is 12.4. The molecule has 29 heavy (non-hydrogen) atoms. The maximum Gasteiger partial charge on any atom is 0.338 e. The summed E-state index contributed by atoms with van der Waals surface area (Å²) < 4.78 is 5.15. The minimum Gasteiger partial charge on any atom is -0.449 e. The third-order valence-electron chi connectivity index (χ3n) is 4.23. The zero-order chi connectivity index (χ0) is 21.5. The predicted octanol–water partition coefficient (Wildman–Crippen LogP) is 4.06. The molecule has 3 amide bonds. The molecular weight excluding hydrogens is 443 g/mol. The molecule has 3 rings (SSSR count). The zero-order valence-corrected chi connectivity index (χ0v) is 17.4. The van der Waals surface area contributed by atoms with E-state index >= 15 is 0 Å². The minimum atomic E-state index is -1.20. The van der Waals surface area contributed by atoms with Gasteiger partial charge in [-0.05, 0) is 37.3 Å². The van der Waals surface area contributed by atoms with Crippen LogP contribution in [0.1, 0.15) is 38.0 Å². The highest BCUT2D eigenvalue weighted by Gasteiger charge is 2.33. The van der Waals surface area contributed by atoms with E-state index < -0.39 is 29.8 Å². The summed E-state index contributed by atoms with van der Waals surface area (Å²) in [5, 5.41) is 3.03. The molecule has 1 atom stereocenters. The third kappa shape index (κ3) is 4.07. The fraction of sp³-hybridized carbons (Fsp3) is 0.158. The first kappa shape index (κ1) is 21.1. The molecule has 1 aliphatic heterocycles. The Morgan fingerprint density at radius 1 is 1.00 bits per heavy atom. The number of esters is 1. The van der Waals surface area contributed by atoms with Crippen molar-refractivity contribution in [3.05, 3.63) is 62.1 Å². The van der Waals surface area contributed by atoms with Crippen molar-refractivity contribution in [2.45, 2.75) is 13.0 Å². The van der Waals surface area contributed by atoms with Crippen molar-refractivity contribution in [3.8, 4) is 0 Å². The molecule has 1 heterocycles. The number of nitrogens with one attached hydrogen (secondary N) is 1. The molecule has 0 spiro atoms. The standard InChI is InChI=1S/C19H13Cl3N2O5/c1-8(16(25)23-15-13(21)6-10(20)7-14(15)22)29-19(28)9-3-4-11-12(5-9)18(27)24(2)17(11)26/h3-8H,1-2H3,(H,23,25). The van der Waals surface area contributed by atoms with E-state index in [9.17, 15) is 19.2 Å². The number of carbonyl (C=O) groups is 4. The molecule has 0 bridgehead atoms. The van der Waals surface area contributed by atoms with Crippen LogP contribution in [0.15, 0.2) is 30.3 Å². The van der Waals surface area contributed by atoms with Crippen LogP contribution in [0.4, 0.5) is 5.69 Å². The number of hydrogen-bond donors (Lipinski definition) is 1. The maximum absolute atomic E-state index is 12.4. The highest BCUT2D eigenvalue weighted by Crippen LogP contribution is 2.33. The molecule has 0 aromatic heterocycles. The Labute approximate surface area is 180 Å². The number of imide groups is 1. The van der Waals surface area contributed by atoms with Crippen molar-refractivity contribution in [3.63, 3.8) is 0 Å². The van der Waals surface area contributed by atoms with Gasteiger partial charge in [-0.1, -0.05) is 34.8 Å². The molecule has 1 aliphatic rings. The van der Waals surface area contributed by atoms with Gasteiger partial charge in [0.05, 0.1) is 32.4 Å². The van der Waals surface area contributed by atoms with E-state index in [1.54, 1.807) is 0 Å². The van der Waals surface area contributed by atoms with Gasteiger partial charge in [0, 0.05) is 12.1 Å². The van der Waals surface area contributed by atoms with Crippen molar-refractivity contribution in [2.24, 2.45) is 0 Å². The number of halogens is 3. The summed E-state index contributed by atoms with van der Waals surface area (Å²) in [7, 11) is 1.35. The van der Waals surface area contributed by atoms with E-state index in [-0.39, 0.29) is 32.4 Å². The van der Waals surface area contributed by atoms with Gasteiger partial charge in [0.2, 0.25) is 0 Å². The first-order valence-corrected chi connectivity index (χ1v) is 9.36. The van der Waals surface area contributed by atoms with Crippen LogP contribution in [-0.4, -0.2) is 41.7 Å². The molecular formula is C19H13Cl3N2O5. The second-order valence-corrected chi connectivity index (χ2v) is 7.46. The molecule has 0 saturated carbocycles. The number of nitrogens with zero attached hydrogens (tertiary/aromatic N) is 1. The number of fused-ring (bicyclic) bond motifs is 1. The Morgan fingerprint density at radius 3 is 2.21 bits per heavy atom. The normalized spacial score (nSPS) is 13.9. The lowest BCUT2D eigenvalue weighted by molar-refractivity contribution is -0.123. The second-order valence-electron chi connectivity index (χ2n) is 6.21. The van der Waals surface area contributed by atoms with Gasteiger partial charge in [-0.2, -0.15) is 0 Å². The molecule has 2 aromatic rings. The summed E-state index contributed by atoms with van der Waals surface area (Å²) in [6.45, 7) is 1.36. The van der Waals surface area contributed by atoms with Gasteiger partial charge in [0.15, 0.2) is 6.10 Å². The summed E-state index contributed by atoms with van der Waals surface area (Å²) in [4.78, 5) is 49.7. The van der Waals surface area contributed by atoms with Crippen molar-refractivity contribution in [2.75, 3.05) is 12.4 Å². The summed E-state index contributed by atoms with van der Waals surface area (Å²) in [6, 6.07) is 6.79. The highest BCUT2D eigenvalue weighted by atomic mass is 35.5. The number of amides is 3. The van der Waals surface area contributed by atoms with Crippen molar-refractivity contribution >= 4 is 64.2 Å². The highest BCUT2D eigenvalue weighted by molar-refractivity contribution is 6.42. The third-order valence-corrected chi connectivity index (χ3v) is 5.05. The minimum absolute atomic E-state index is 0.0300. The lowest BCUT2D eigenvalue weighted by atomic mass is 10.1. The molecule has 2 aromatic carbocycles. The molecule has 7 nitrogen and oxygen atoms in total. The van der Waals surface area contributed by atoms with Gasteiger partial charge in [-0.15, -0.1) is 0 Å². The zero-order valence-electron chi connectivity index (χ0n) is 15.1. The Balaban J connectivity index is 1.72. The van der Waals surface area contributed by atoms with Crippen LogP contribution >= 0.6 is 34.8 Å². The van der Waals surface area contributed by atoms with Crippen LogP contribution in [0, 0.1) is 0 Å². The molecule has 0 aliphatic carbocycles. The summed E-state index contributed by atoms with van der Waals surface area (Å²) >= 11 is 17.9. The molecule has 1 unspecified atom stereocenters. The molecule has 10 heteroatoms. The van der Waals surface area contributed by atoms with Gasteiger partial charge >= 0.3 is 5.97 Å². The first-order valence-electron chi connectivity index (χ1n) is 8.23. The monoisotopic (exact) mass is 454 g/mol. The number of carbonyl (C=O) groups excluding carboxylic acids is 4. The SMILES string of the molecule is CC(OC(=O)c1ccc2c(c1)C(=O)N(C)C2=O)C(=O)Nc1c(Cl)cc(Cl)cc1Cl. The van der Waals surface area contributed by atoms with E-state index in [1.807, 2.05) is 0 Å². The van der Waals surface area contributed by atoms with E-state index in [0.717, 1.165) is 4.90 Å². The van der Waals surface area contributed by atoms with Crippen LogP contribution in [0.5, 0.6) is 0 Å². The number of ether oxygens (including phenoxy) is 1. The number of anilines is 1. The summed E-state index contributed by atoms with van der Waals surface area (Å²) in [6.07, 6.45) is -1.20. The van der Waals surface area contributed by atoms with Crippen LogP contribution in [-0.2, 0) is 9.53 Å². The van der Waals surface area contributed by atoms with E-state index in [4.69, 9.17) is 39.5 Å². The number of hydrogen-bond acceptors (Lipinski definition) is 5. The van der Waals surface area contributed by atoms with Crippen LogP contribution in [0.2, 0.25) is 15.1 Å². The summed E-state index contributed by atoms with van der Waals surface area (Å²) in [5.41, 5.74) is 0.466. The van der Waals surface area contributed by atoms with Gasteiger partial charge in [-0.3, -0.25) is 19.3 Å². The smallest absolute Gasteiger partial charge is 0.338 e. The van der Waals surface area contributed by atoms with Crippen LogP contribution < -0.4 is 5.32 Å². The summed E-state index contributed by atoms with van der Waals surface area (Å²) in [5.74, 6) is -2.47. The molecule has 0 radical (unpaired) electrons. The van der Waals surface area contributed by atoms with Crippen molar-refractivity contribution in [1.29, 1.82) is 0 Å².